The van der Waals surface area contributed by atoms with Crippen molar-refractivity contribution >= 4 is 10.9 Å². The van der Waals surface area contributed by atoms with Gasteiger partial charge in [0.05, 0.1) is 22.6 Å². The van der Waals surface area contributed by atoms with E-state index in [-0.39, 0.29) is 5.41 Å². The highest BCUT2D eigenvalue weighted by Gasteiger charge is 2.35. The molecular formula is C52H37N3. The number of rotatable bonds is 6. The fraction of sp³-hybridized carbons (Fsp3) is 0.0577. The van der Waals surface area contributed by atoms with Gasteiger partial charge in [0.15, 0.2) is 5.82 Å². The maximum atomic E-state index is 5.42. The van der Waals surface area contributed by atoms with Crippen molar-refractivity contribution < 1.29 is 0 Å². The van der Waals surface area contributed by atoms with Crippen molar-refractivity contribution in [1.29, 1.82) is 0 Å². The van der Waals surface area contributed by atoms with Crippen molar-refractivity contribution in [1.82, 2.24) is 15.0 Å². The van der Waals surface area contributed by atoms with Crippen LogP contribution in [0.15, 0.2) is 188 Å². The van der Waals surface area contributed by atoms with Gasteiger partial charge in [0.2, 0.25) is 0 Å². The molecule has 0 aliphatic heterocycles. The van der Waals surface area contributed by atoms with E-state index in [0.29, 0.717) is 5.82 Å². The first kappa shape index (κ1) is 32.7. The molecule has 0 saturated heterocycles. The molecule has 0 atom stereocenters. The lowest BCUT2D eigenvalue weighted by atomic mass is 9.82. The van der Waals surface area contributed by atoms with E-state index in [4.69, 9.17) is 15.0 Å². The van der Waals surface area contributed by atoms with Gasteiger partial charge >= 0.3 is 0 Å². The predicted molar refractivity (Wildman–Crippen MR) is 228 cm³/mol. The number of hydrogen-bond donors (Lipinski definition) is 0. The Hall–Kier alpha value is -6.97. The van der Waals surface area contributed by atoms with Gasteiger partial charge in [0.25, 0.3) is 0 Å². The zero-order valence-corrected chi connectivity index (χ0v) is 30.7. The first-order valence-electron chi connectivity index (χ1n) is 18.9. The number of benzene rings is 7. The molecule has 260 valence electrons. The highest BCUT2D eigenvalue weighted by Crippen LogP contribution is 2.50. The van der Waals surface area contributed by atoms with E-state index in [9.17, 15) is 0 Å². The molecule has 3 heteroatoms. The molecule has 0 fully saturated rings. The highest BCUT2D eigenvalue weighted by molar-refractivity contribution is 6.02. The Kier molecular flexibility index (Phi) is 7.81. The monoisotopic (exact) mass is 703 g/mol. The van der Waals surface area contributed by atoms with Crippen LogP contribution in [0.5, 0.6) is 0 Å². The van der Waals surface area contributed by atoms with Gasteiger partial charge in [-0.15, -0.1) is 0 Å². The Morgan fingerprint density at radius 3 is 1.55 bits per heavy atom. The first-order chi connectivity index (χ1) is 27.0. The summed E-state index contributed by atoms with van der Waals surface area (Å²) in [6.07, 6.45) is 0. The van der Waals surface area contributed by atoms with Crippen molar-refractivity contribution in [3.63, 3.8) is 0 Å². The summed E-state index contributed by atoms with van der Waals surface area (Å²) in [4.78, 5) is 15.7. The van der Waals surface area contributed by atoms with Crippen LogP contribution < -0.4 is 0 Å². The van der Waals surface area contributed by atoms with Crippen LogP contribution in [0.3, 0.4) is 0 Å². The summed E-state index contributed by atoms with van der Waals surface area (Å²) in [5.74, 6) is 0.688. The number of fused-ring (bicyclic) bond motifs is 4. The number of nitrogens with zero attached hydrogens (tertiary/aromatic N) is 3. The summed E-state index contributed by atoms with van der Waals surface area (Å²) < 4.78 is 0. The summed E-state index contributed by atoms with van der Waals surface area (Å²) >= 11 is 0. The largest absolute Gasteiger partial charge is 0.248 e. The van der Waals surface area contributed by atoms with Gasteiger partial charge in [-0.05, 0) is 80.9 Å². The summed E-state index contributed by atoms with van der Waals surface area (Å²) in [5, 5.41) is 1.12. The molecule has 10 rings (SSSR count). The van der Waals surface area contributed by atoms with Crippen LogP contribution in [0.25, 0.3) is 89.4 Å². The van der Waals surface area contributed by atoms with Crippen LogP contribution in [0, 0.1) is 0 Å². The SMILES string of the molecule is CC1(C)c2ccccc2-c2cc3c(-c4cccc(-c5nc(-c6ccccc6)cc(-c6ccccc6)n5)c4)cc(-c4cccc(-c5ccccc5)c4)nc3cc21. The van der Waals surface area contributed by atoms with Gasteiger partial charge in [-0.2, -0.15) is 0 Å². The second kappa shape index (κ2) is 13.2. The standard InChI is InChI=1S/C52H37N3/c1-52(2)45-27-13-12-26-41(45)43-30-44-42(31-47(53-50(44)32-46(43)52)39-24-14-22-37(28-39)34-16-6-3-7-17-34)38-23-15-25-40(29-38)51-54-48(35-18-8-4-9-19-35)33-49(55-51)36-20-10-5-11-21-36/h3-33H,1-2H3. The topological polar surface area (TPSA) is 38.7 Å². The Balaban J connectivity index is 1.18. The van der Waals surface area contributed by atoms with E-state index in [1.165, 1.54) is 33.4 Å². The maximum absolute atomic E-state index is 5.42. The molecule has 2 heterocycles. The van der Waals surface area contributed by atoms with Crippen LogP contribution in [0.2, 0.25) is 0 Å². The van der Waals surface area contributed by atoms with Crippen molar-refractivity contribution in [2.24, 2.45) is 0 Å². The first-order valence-corrected chi connectivity index (χ1v) is 18.9. The van der Waals surface area contributed by atoms with E-state index in [1.54, 1.807) is 0 Å². The molecule has 1 aliphatic carbocycles. The van der Waals surface area contributed by atoms with Crippen molar-refractivity contribution in [2.45, 2.75) is 19.3 Å². The molecule has 7 aromatic carbocycles. The summed E-state index contributed by atoms with van der Waals surface area (Å²) in [6.45, 7) is 4.66. The average Bonchev–Trinajstić information content (AvgIpc) is 3.48. The molecule has 1 aliphatic rings. The van der Waals surface area contributed by atoms with E-state index >= 15 is 0 Å². The Bertz CT molecular complexity index is 2820. The summed E-state index contributed by atoms with van der Waals surface area (Å²) in [6, 6.07) is 66.5. The van der Waals surface area contributed by atoms with Gasteiger partial charge in [-0.3, -0.25) is 0 Å². The number of aromatic nitrogens is 3. The molecule has 55 heavy (non-hydrogen) atoms. The second-order valence-electron chi connectivity index (χ2n) is 14.9. The van der Waals surface area contributed by atoms with Gasteiger partial charge < -0.3 is 0 Å². The molecular weight excluding hydrogens is 667 g/mol. The zero-order valence-electron chi connectivity index (χ0n) is 30.7. The van der Waals surface area contributed by atoms with Gasteiger partial charge in [0.1, 0.15) is 0 Å². The number of hydrogen-bond acceptors (Lipinski definition) is 3. The predicted octanol–water partition coefficient (Wildman–Crippen LogP) is 13.3. The normalized spacial score (nSPS) is 12.7. The second-order valence-corrected chi connectivity index (χ2v) is 14.9. The fourth-order valence-corrected chi connectivity index (χ4v) is 8.21. The van der Waals surface area contributed by atoms with Crippen molar-refractivity contribution in [3.8, 4) is 78.5 Å². The van der Waals surface area contributed by atoms with Crippen molar-refractivity contribution in [2.75, 3.05) is 0 Å². The fourth-order valence-electron chi connectivity index (χ4n) is 8.21. The lowest BCUT2D eigenvalue weighted by Gasteiger charge is -2.22. The third-order valence-corrected chi connectivity index (χ3v) is 11.1. The minimum Gasteiger partial charge on any atom is -0.248 e. The Morgan fingerprint density at radius 1 is 0.327 bits per heavy atom. The van der Waals surface area contributed by atoms with E-state index < -0.39 is 0 Å². The molecule has 9 aromatic rings. The summed E-state index contributed by atoms with van der Waals surface area (Å²) in [5.41, 5.74) is 17.5. The van der Waals surface area contributed by atoms with E-state index in [1.807, 2.05) is 12.1 Å². The molecule has 0 bridgehead atoms. The van der Waals surface area contributed by atoms with E-state index in [0.717, 1.165) is 61.4 Å². The molecule has 0 amide bonds. The van der Waals surface area contributed by atoms with Crippen LogP contribution >= 0.6 is 0 Å². The smallest absolute Gasteiger partial charge is 0.160 e. The molecule has 0 unspecified atom stereocenters. The van der Waals surface area contributed by atoms with Crippen LogP contribution in [-0.2, 0) is 5.41 Å². The lowest BCUT2D eigenvalue weighted by Crippen LogP contribution is -2.14. The number of pyridine rings is 1. The van der Waals surface area contributed by atoms with Gasteiger partial charge in [-0.1, -0.05) is 166 Å². The zero-order chi connectivity index (χ0) is 36.9. The van der Waals surface area contributed by atoms with Crippen LogP contribution in [0.1, 0.15) is 25.0 Å². The summed E-state index contributed by atoms with van der Waals surface area (Å²) in [7, 11) is 0. The molecule has 0 N–H and O–H groups in total. The highest BCUT2D eigenvalue weighted by atomic mass is 14.9. The average molecular weight is 704 g/mol. The third kappa shape index (κ3) is 5.82. The van der Waals surface area contributed by atoms with Crippen LogP contribution in [0.4, 0.5) is 0 Å². The van der Waals surface area contributed by atoms with Crippen LogP contribution in [-0.4, -0.2) is 15.0 Å². The molecule has 2 aromatic heterocycles. The molecule has 0 saturated carbocycles. The minimum atomic E-state index is -0.136. The molecule has 3 nitrogen and oxygen atoms in total. The maximum Gasteiger partial charge on any atom is 0.160 e. The third-order valence-electron chi connectivity index (χ3n) is 11.1. The van der Waals surface area contributed by atoms with E-state index in [2.05, 4.69) is 190 Å². The minimum absolute atomic E-state index is 0.136. The van der Waals surface area contributed by atoms with Gasteiger partial charge in [0, 0.05) is 33.1 Å². The lowest BCUT2D eigenvalue weighted by molar-refractivity contribution is 0.661. The Morgan fingerprint density at radius 2 is 0.855 bits per heavy atom. The Labute approximate surface area is 321 Å². The van der Waals surface area contributed by atoms with Gasteiger partial charge in [-0.25, -0.2) is 15.0 Å². The van der Waals surface area contributed by atoms with Crippen molar-refractivity contribution in [3.05, 3.63) is 199 Å². The quantitative estimate of drug-likeness (QED) is 0.173. The molecule has 0 radical (unpaired) electrons. The molecule has 0 spiro atoms.